The van der Waals surface area contributed by atoms with Gasteiger partial charge in [-0.1, -0.05) is 12.1 Å². The quantitative estimate of drug-likeness (QED) is 0.328. The van der Waals surface area contributed by atoms with E-state index in [2.05, 4.69) is 28.2 Å². The first-order valence-electron chi connectivity index (χ1n) is 12.0. The molecule has 3 aromatic rings. The molecule has 2 heterocycles. The van der Waals surface area contributed by atoms with Gasteiger partial charge in [0.15, 0.2) is 0 Å². The third-order valence-corrected chi connectivity index (χ3v) is 6.39. The van der Waals surface area contributed by atoms with Crippen LogP contribution in [-0.4, -0.2) is 69.0 Å². The number of hydrogen-bond acceptors (Lipinski definition) is 6. The van der Waals surface area contributed by atoms with Gasteiger partial charge in [0.05, 0.1) is 13.7 Å². The highest BCUT2D eigenvalue weighted by molar-refractivity contribution is 5.92. The molecular formula is C27H34N2O5. The van der Waals surface area contributed by atoms with Gasteiger partial charge in [-0.25, -0.2) is 4.79 Å². The fourth-order valence-corrected chi connectivity index (χ4v) is 4.51. The number of fused-ring (bicyclic) bond motifs is 1. The summed E-state index contributed by atoms with van der Waals surface area (Å²) in [6, 6.07) is 13.4. The van der Waals surface area contributed by atoms with Crippen molar-refractivity contribution in [3.63, 3.8) is 0 Å². The number of methoxy groups -OCH3 is 1. The molecule has 182 valence electrons. The standard InChI is InChI=1S/C27H34N2O5/c1-3-32-16-17-34-27(30)22-6-4-5-7-26(22)33-15-14-29-12-10-20(11-13-29)24-19-28-25-9-8-21(31-2)18-23(24)25/h4-9,18-20,28H,3,10-17H2,1-2H3. The molecule has 7 heteroatoms. The van der Waals surface area contributed by atoms with Gasteiger partial charge in [-0.15, -0.1) is 0 Å². The Morgan fingerprint density at radius 1 is 1.09 bits per heavy atom. The van der Waals surface area contributed by atoms with Gasteiger partial charge in [0.25, 0.3) is 0 Å². The second kappa shape index (κ2) is 11.9. The zero-order valence-electron chi connectivity index (χ0n) is 20.0. The number of carbonyl (C=O) groups is 1. The summed E-state index contributed by atoms with van der Waals surface area (Å²) in [5.74, 6) is 1.60. The Labute approximate surface area is 200 Å². The first-order chi connectivity index (χ1) is 16.7. The van der Waals surface area contributed by atoms with Crippen LogP contribution in [0.15, 0.2) is 48.7 Å². The van der Waals surface area contributed by atoms with E-state index in [1.807, 2.05) is 31.2 Å². The van der Waals surface area contributed by atoms with Crippen molar-refractivity contribution in [2.24, 2.45) is 0 Å². The summed E-state index contributed by atoms with van der Waals surface area (Å²) in [6.07, 6.45) is 4.36. The molecule has 0 atom stereocenters. The molecule has 1 saturated heterocycles. The van der Waals surface area contributed by atoms with E-state index in [9.17, 15) is 4.79 Å². The van der Waals surface area contributed by atoms with E-state index in [0.717, 1.165) is 43.7 Å². The van der Waals surface area contributed by atoms with E-state index in [0.29, 0.717) is 37.1 Å². The summed E-state index contributed by atoms with van der Waals surface area (Å²) < 4.78 is 21.9. The van der Waals surface area contributed by atoms with Crippen molar-refractivity contribution in [1.82, 2.24) is 9.88 Å². The highest BCUT2D eigenvalue weighted by Crippen LogP contribution is 2.34. The largest absolute Gasteiger partial charge is 0.497 e. The number of esters is 1. The number of aromatic nitrogens is 1. The summed E-state index contributed by atoms with van der Waals surface area (Å²) in [6.45, 7) is 6.53. The number of H-pyrrole nitrogens is 1. The van der Waals surface area contributed by atoms with Crippen LogP contribution in [0.5, 0.6) is 11.5 Å². The van der Waals surface area contributed by atoms with Crippen LogP contribution in [0.1, 0.15) is 41.6 Å². The van der Waals surface area contributed by atoms with Crippen molar-refractivity contribution in [3.8, 4) is 11.5 Å². The molecule has 0 radical (unpaired) electrons. The van der Waals surface area contributed by atoms with Gasteiger partial charge in [-0.3, -0.25) is 4.90 Å². The lowest BCUT2D eigenvalue weighted by atomic mass is 9.89. The summed E-state index contributed by atoms with van der Waals surface area (Å²) in [5, 5.41) is 1.26. The Balaban J connectivity index is 1.26. The minimum absolute atomic E-state index is 0.235. The number of carbonyl (C=O) groups excluding carboxylic acids is 1. The van der Waals surface area contributed by atoms with Gasteiger partial charge >= 0.3 is 5.97 Å². The van der Waals surface area contributed by atoms with Gasteiger partial charge in [0.2, 0.25) is 0 Å². The van der Waals surface area contributed by atoms with Crippen molar-refractivity contribution in [2.45, 2.75) is 25.7 Å². The van der Waals surface area contributed by atoms with Crippen molar-refractivity contribution >= 4 is 16.9 Å². The van der Waals surface area contributed by atoms with Crippen LogP contribution >= 0.6 is 0 Å². The minimum atomic E-state index is -0.383. The normalized spacial score (nSPS) is 14.9. The van der Waals surface area contributed by atoms with Gasteiger partial charge < -0.3 is 23.9 Å². The average molecular weight is 467 g/mol. The first kappa shape index (κ1) is 24.1. The highest BCUT2D eigenvalue weighted by Gasteiger charge is 2.23. The maximum absolute atomic E-state index is 12.4. The highest BCUT2D eigenvalue weighted by atomic mass is 16.6. The molecule has 1 aliphatic heterocycles. The summed E-state index contributed by atoms with van der Waals surface area (Å²) >= 11 is 0. The average Bonchev–Trinajstić information content (AvgIpc) is 3.30. The fourth-order valence-electron chi connectivity index (χ4n) is 4.51. The van der Waals surface area contributed by atoms with E-state index in [1.165, 1.54) is 10.9 Å². The monoisotopic (exact) mass is 466 g/mol. The Morgan fingerprint density at radius 2 is 1.91 bits per heavy atom. The Morgan fingerprint density at radius 3 is 2.71 bits per heavy atom. The van der Waals surface area contributed by atoms with E-state index in [4.69, 9.17) is 18.9 Å². The predicted molar refractivity (Wildman–Crippen MR) is 132 cm³/mol. The molecular weight excluding hydrogens is 432 g/mol. The third-order valence-electron chi connectivity index (χ3n) is 6.39. The number of likely N-dealkylation sites (tertiary alicyclic amines) is 1. The zero-order chi connectivity index (χ0) is 23.8. The topological polar surface area (TPSA) is 73.0 Å². The molecule has 0 spiro atoms. The second-order valence-electron chi connectivity index (χ2n) is 8.45. The molecule has 2 aromatic carbocycles. The summed E-state index contributed by atoms with van der Waals surface area (Å²) in [5.41, 5.74) is 2.98. The van der Waals surface area contributed by atoms with Crippen molar-refractivity contribution in [1.29, 1.82) is 0 Å². The van der Waals surface area contributed by atoms with Crippen LogP contribution < -0.4 is 9.47 Å². The number of nitrogens with zero attached hydrogens (tertiary/aromatic N) is 1. The lowest BCUT2D eigenvalue weighted by molar-refractivity contribution is 0.0331. The molecule has 1 aromatic heterocycles. The van der Waals surface area contributed by atoms with Crippen molar-refractivity contribution in [3.05, 3.63) is 59.8 Å². The molecule has 0 amide bonds. The zero-order valence-corrected chi connectivity index (χ0v) is 20.0. The SMILES string of the molecule is CCOCCOC(=O)c1ccccc1OCCN1CCC(c2c[nH]c3ccc(OC)cc23)CC1. The number of ether oxygens (including phenoxy) is 4. The number of hydrogen-bond donors (Lipinski definition) is 1. The van der Waals surface area contributed by atoms with E-state index < -0.39 is 0 Å². The predicted octanol–water partition coefficient (Wildman–Crippen LogP) is 4.63. The molecule has 34 heavy (non-hydrogen) atoms. The maximum Gasteiger partial charge on any atom is 0.342 e. The minimum Gasteiger partial charge on any atom is -0.497 e. The Kier molecular flexibility index (Phi) is 8.44. The molecule has 1 aliphatic rings. The van der Waals surface area contributed by atoms with Crippen LogP contribution in [0.3, 0.4) is 0 Å². The molecule has 0 unspecified atom stereocenters. The Hall–Kier alpha value is -3.03. The molecule has 0 saturated carbocycles. The molecule has 4 rings (SSSR count). The second-order valence-corrected chi connectivity index (χ2v) is 8.45. The van der Waals surface area contributed by atoms with Gasteiger partial charge in [-0.2, -0.15) is 0 Å². The van der Waals surface area contributed by atoms with Crippen LogP contribution in [0.4, 0.5) is 0 Å². The number of rotatable bonds is 11. The van der Waals surface area contributed by atoms with Crippen molar-refractivity contribution < 1.29 is 23.7 Å². The van der Waals surface area contributed by atoms with E-state index >= 15 is 0 Å². The summed E-state index contributed by atoms with van der Waals surface area (Å²) in [4.78, 5) is 18.2. The van der Waals surface area contributed by atoms with Crippen LogP contribution in [0.25, 0.3) is 10.9 Å². The maximum atomic E-state index is 12.4. The number of piperidine rings is 1. The fraction of sp³-hybridized carbons (Fsp3) is 0.444. The van der Waals surface area contributed by atoms with Gasteiger partial charge in [0.1, 0.15) is 30.3 Å². The van der Waals surface area contributed by atoms with Gasteiger partial charge in [0, 0.05) is 30.3 Å². The number of aromatic amines is 1. The molecule has 7 nitrogen and oxygen atoms in total. The first-order valence-corrected chi connectivity index (χ1v) is 12.0. The Bertz CT molecular complexity index is 1070. The van der Waals surface area contributed by atoms with E-state index in [1.54, 1.807) is 13.2 Å². The lowest BCUT2D eigenvalue weighted by Gasteiger charge is -2.31. The van der Waals surface area contributed by atoms with Gasteiger partial charge in [-0.05, 0) is 74.7 Å². The van der Waals surface area contributed by atoms with Crippen molar-refractivity contribution in [2.75, 3.05) is 53.2 Å². The lowest BCUT2D eigenvalue weighted by Crippen LogP contribution is -2.35. The van der Waals surface area contributed by atoms with Crippen LogP contribution in [0.2, 0.25) is 0 Å². The molecule has 1 N–H and O–H groups in total. The number of para-hydroxylation sites is 1. The number of benzene rings is 2. The molecule has 0 aliphatic carbocycles. The number of nitrogens with one attached hydrogen (secondary N) is 1. The molecule has 0 bridgehead atoms. The van der Waals surface area contributed by atoms with E-state index in [-0.39, 0.29) is 12.6 Å². The molecule has 1 fully saturated rings. The summed E-state index contributed by atoms with van der Waals surface area (Å²) in [7, 11) is 1.71. The smallest absolute Gasteiger partial charge is 0.342 e. The third kappa shape index (κ3) is 5.90. The van der Waals surface area contributed by atoms with Crippen LogP contribution in [-0.2, 0) is 9.47 Å². The van der Waals surface area contributed by atoms with Crippen LogP contribution in [0, 0.1) is 0 Å².